The van der Waals surface area contributed by atoms with Crippen LogP contribution in [0.25, 0.3) is 0 Å². The minimum Gasteiger partial charge on any atom is -0.378 e. The number of nitrogens with zero attached hydrogens (tertiary/aromatic N) is 2. The van der Waals surface area contributed by atoms with Gasteiger partial charge in [-0.05, 0) is 98.4 Å². The Morgan fingerprint density at radius 2 is 1.17 bits per heavy atom. The van der Waals surface area contributed by atoms with Gasteiger partial charge in [-0.3, -0.25) is 19.2 Å². The van der Waals surface area contributed by atoms with Gasteiger partial charge in [0.2, 0.25) is 11.8 Å². The Labute approximate surface area is 365 Å². The van der Waals surface area contributed by atoms with E-state index in [9.17, 15) is 19.2 Å². The Morgan fingerprint density at radius 1 is 0.644 bits per heavy atom. The maximum Gasteiger partial charge on any atom is 0.242 e. The predicted octanol–water partition coefficient (Wildman–Crippen LogP) is 7.69. The van der Waals surface area contributed by atoms with Crippen LogP contribution in [-0.4, -0.2) is 81.2 Å². The maximum absolute atomic E-state index is 13.4. The predicted molar refractivity (Wildman–Crippen MR) is 235 cm³/mol. The van der Waals surface area contributed by atoms with Gasteiger partial charge in [0.15, 0.2) is 5.78 Å². The number of hydrogen-bond acceptors (Lipinski definition) is 11. The van der Waals surface area contributed by atoms with E-state index in [1.165, 1.54) is 11.3 Å². The first-order chi connectivity index (χ1) is 28.6. The van der Waals surface area contributed by atoms with Gasteiger partial charge in [-0.25, -0.2) is 0 Å². The molecule has 2 aromatic heterocycles. The van der Waals surface area contributed by atoms with Crippen LogP contribution >= 0.6 is 57.6 Å². The van der Waals surface area contributed by atoms with Crippen molar-refractivity contribution in [3.05, 3.63) is 133 Å². The Kier molecular flexibility index (Phi) is 12.8. The molecule has 10 nitrogen and oxygen atoms in total. The number of carbonyl (C=O) groups excluding carboxylic acids is 4. The van der Waals surface area contributed by atoms with Gasteiger partial charge in [-0.1, -0.05) is 47.5 Å². The molecule has 3 unspecified atom stereocenters. The summed E-state index contributed by atoms with van der Waals surface area (Å²) in [6.45, 7) is 6.34. The summed E-state index contributed by atoms with van der Waals surface area (Å²) < 4.78 is 10.9. The van der Waals surface area contributed by atoms with E-state index in [4.69, 9.17) is 32.7 Å². The molecular formula is C44H42Cl2N4O6S3. The number of ether oxygens (including phenoxy) is 2. The SMILES string of the molecule is O=C1CC(=O)NC(c2ccc(N3CCOCC3)cc2)(c2ccsc2)C1.O=C1CC(c2ccc(N3CCOCC3)cc2)(c2ccsc2)NC(=O)C1Sc1cc(Cl)ccc1Cl. The molecule has 4 saturated heterocycles. The van der Waals surface area contributed by atoms with Gasteiger partial charge in [0, 0.05) is 60.3 Å². The van der Waals surface area contributed by atoms with Crippen molar-refractivity contribution in [3.8, 4) is 0 Å². The number of thioether (sulfide) groups is 1. The molecule has 0 spiro atoms. The molecule has 15 heteroatoms. The molecule has 3 aromatic carbocycles. The molecule has 4 fully saturated rings. The Bertz CT molecular complexity index is 2240. The molecule has 2 amide bonds. The monoisotopic (exact) mass is 888 g/mol. The van der Waals surface area contributed by atoms with Crippen molar-refractivity contribution < 1.29 is 28.7 Å². The van der Waals surface area contributed by atoms with E-state index in [2.05, 4.69) is 44.7 Å². The third kappa shape index (κ3) is 8.97. The van der Waals surface area contributed by atoms with Crippen LogP contribution < -0.4 is 20.4 Å². The van der Waals surface area contributed by atoms with E-state index in [0.717, 1.165) is 84.8 Å². The van der Waals surface area contributed by atoms with E-state index in [1.54, 1.807) is 29.5 Å². The van der Waals surface area contributed by atoms with Gasteiger partial charge in [-0.15, -0.1) is 11.8 Å². The van der Waals surface area contributed by atoms with Gasteiger partial charge < -0.3 is 29.9 Å². The van der Waals surface area contributed by atoms with Crippen molar-refractivity contribution in [1.29, 1.82) is 0 Å². The Balaban J connectivity index is 0.000000172. The molecule has 5 aromatic rings. The molecule has 306 valence electrons. The van der Waals surface area contributed by atoms with Crippen LogP contribution in [0.3, 0.4) is 0 Å². The number of Topliss-reactive ketones (excluding diaryl/α,β-unsaturated/α-hetero) is 2. The molecule has 59 heavy (non-hydrogen) atoms. The topological polar surface area (TPSA) is 117 Å². The molecular weight excluding hydrogens is 848 g/mol. The summed E-state index contributed by atoms with van der Waals surface area (Å²) >= 11 is 16.6. The highest BCUT2D eigenvalue weighted by molar-refractivity contribution is 8.01. The van der Waals surface area contributed by atoms with Crippen LogP contribution in [0, 0.1) is 0 Å². The summed E-state index contributed by atoms with van der Waals surface area (Å²) in [4.78, 5) is 56.3. The summed E-state index contributed by atoms with van der Waals surface area (Å²) in [6.07, 6.45) is 0.423. The zero-order valence-electron chi connectivity index (χ0n) is 32.0. The number of piperidine rings is 2. The average molecular weight is 890 g/mol. The van der Waals surface area contributed by atoms with Crippen LogP contribution in [-0.2, 0) is 39.7 Å². The first-order valence-electron chi connectivity index (χ1n) is 19.3. The van der Waals surface area contributed by atoms with Gasteiger partial charge in [0.1, 0.15) is 11.0 Å². The number of benzene rings is 3. The van der Waals surface area contributed by atoms with Crippen LogP contribution in [0.5, 0.6) is 0 Å². The van der Waals surface area contributed by atoms with Crippen LogP contribution in [0.4, 0.5) is 11.4 Å². The number of thiophene rings is 2. The van der Waals surface area contributed by atoms with E-state index in [0.29, 0.717) is 34.6 Å². The zero-order valence-corrected chi connectivity index (χ0v) is 36.0. The normalized spacial score (nSPS) is 23.6. The van der Waals surface area contributed by atoms with Gasteiger partial charge in [0.25, 0.3) is 0 Å². The fourth-order valence-corrected chi connectivity index (χ4v) is 11.1. The first kappa shape index (κ1) is 41.5. The van der Waals surface area contributed by atoms with Gasteiger partial charge in [0.05, 0.1) is 48.9 Å². The molecule has 0 saturated carbocycles. The van der Waals surface area contributed by atoms with Crippen molar-refractivity contribution >= 4 is 92.4 Å². The first-order valence-corrected chi connectivity index (χ1v) is 22.9. The van der Waals surface area contributed by atoms with Crippen LogP contribution in [0.1, 0.15) is 41.5 Å². The minimum atomic E-state index is -0.910. The maximum atomic E-state index is 13.4. The largest absolute Gasteiger partial charge is 0.378 e. The summed E-state index contributed by atoms with van der Waals surface area (Å²) in [5.74, 6) is -0.707. The average Bonchev–Trinajstić information content (AvgIpc) is 4.01. The lowest BCUT2D eigenvalue weighted by Gasteiger charge is -2.40. The minimum absolute atomic E-state index is 0.0211. The summed E-state index contributed by atoms with van der Waals surface area (Å²) in [5.41, 5.74) is 4.28. The van der Waals surface area contributed by atoms with Crippen molar-refractivity contribution in [2.75, 3.05) is 62.4 Å². The number of ketones is 2. The summed E-state index contributed by atoms with van der Waals surface area (Å²) in [5, 5.41) is 14.3. The van der Waals surface area contributed by atoms with E-state index in [-0.39, 0.29) is 36.2 Å². The number of carbonyl (C=O) groups is 4. The lowest BCUT2D eigenvalue weighted by atomic mass is 9.77. The second kappa shape index (κ2) is 18.2. The molecule has 9 rings (SSSR count). The smallest absolute Gasteiger partial charge is 0.242 e. The van der Waals surface area contributed by atoms with E-state index in [1.807, 2.05) is 57.9 Å². The van der Waals surface area contributed by atoms with Crippen LogP contribution in [0.2, 0.25) is 10.0 Å². The van der Waals surface area contributed by atoms with Gasteiger partial charge >= 0.3 is 0 Å². The second-order valence-corrected chi connectivity index (χ2v) is 18.3. The highest BCUT2D eigenvalue weighted by Gasteiger charge is 2.48. The number of amides is 2. The number of rotatable bonds is 8. The summed E-state index contributed by atoms with van der Waals surface area (Å²) in [6, 6.07) is 25.3. The van der Waals surface area contributed by atoms with Crippen molar-refractivity contribution in [3.63, 3.8) is 0 Å². The molecule has 2 N–H and O–H groups in total. The highest BCUT2D eigenvalue weighted by atomic mass is 35.5. The molecule has 4 aliphatic heterocycles. The summed E-state index contributed by atoms with van der Waals surface area (Å²) in [7, 11) is 0. The fraction of sp³-hybridized carbons (Fsp3) is 0.318. The molecule has 0 aliphatic carbocycles. The number of halogens is 2. The third-order valence-electron chi connectivity index (χ3n) is 11.1. The second-order valence-electron chi connectivity index (χ2n) is 14.8. The number of morpholine rings is 2. The third-order valence-corrected chi connectivity index (χ3v) is 14.5. The molecule has 0 radical (unpaired) electrons. The quantitative estimate of drug-likeness (QED) is 0.151. The van der Waals surface area contributed by atoms with Crippen molar-refractivity contribution in [1.82, 2.24) is 10.6 Å². The number of hydrogen-bond donors (Lipinski definition) is 2. The number of nitrogens with one attached hydrogen (secondary N) is 2. The molecule has 3 atom stereocenters. The lowest BCUT2D eigenvalue weighted by molar-refractivity contribution is -0.135. The Hall–Kier alpha value is -4.21. The highest BCUT2D eigenvalue weighted by Crippen LogP contribution is 2.43. The lowest BCUT2D eigenvalue weighted by Crippen LogP contribution is -2.57. The Morgan fingerprint density at radius 3 is 1.64 bits per heavy atom. The van der Waals surface area contributed by atoms with E-state index >= 15 is 0 Å². The van der Waals surface area contributed by atoms with Crippen molar-refractivity contribution in [2.45, 2.75) is 40.5 Å². The molecule has 6 heterocycles. The van der Waals surface area contributed by atoms with Gasteiger partial charge in [-0.2, -0.15) is 22.7 Å². The fourth-order valence-electron chi connectivity index (χ4n) is 8.10. The number of anilines is 2. The van der Waals surface area contributed by atoms with E-state index < -0.39 is 16.3 Å². The van der Waals surface area contributed by atoms with Crippen molar-refractivity contribution in [2.24, 2.45) is 0 Å². The molecule has 0 bridgehead atoms. The molecule has 4 aliphatic rings. The zero-order chi connectivity index (χ0) is 41.0. The van der Waals surface area contributed by atoms with Crippen LogP contribution in [0.15, 0.2) is 105 Å². The standard InChI is InChI=1S/C25H22Cl2N2O3S2.C19H20N2O3S/c26-18-3-6-20(27)22(13-18)34-23-21(30)14-25(28-24(23)31,17-7-12-33-15-17)16-1-4-19(5-2-16)29-8-10-32-11-9-29;22-17-11-18(23)20-19(12-17,15-5-10-25-13-15)14-1-3-16(4-2-14)21-6-8-24-9-7-21/h1-7,12-13,15,23H,8-11,14H2,(H,28,31);1-5,10,13H,6-9,11-12H2,(H,20,23).